The maximum atomic E-state index is 5.89. The molecule has 1 aliphatic rings. The van der Waals surface area contributed by atoms with Crippen molar-refractivity contribution in [2.24, 2.45) is 23.5 Å². The molecule has 66 valence electrons. The Kier molecular flexibility index (Phi) is 2.94. The quantitative estimate of drug-likeness (QED) is 0.618. The van der Waals surface area contributed by atoms with Crippen LogP contribution in [0.15, 0.2) is 0 Å². The zero-order valence-corrected chi connectivity index (χ0v) is 8.01. The van der Waals surface area contributed by atoms with Crippen LogP contribution in [0.2, 0.25) is 0 Å². The molecule has 0 bridgehead atoms. The average Bonchev–Trinajstić information content (AvgIpc) is 1.85. The summed E-state index contributed by atoms with van der Waals surface area (Å²) in [6, 6.07) is 0.486. The Morgan fingerprint density at radius 3 is 2.36 bits per heavy atom. The monoisotopic (exact) mass is 155 g/mol. The maximum absolute atomic E-state index is 5.89. The van der Waals surface area contributed by atoms with Gasteiger partial charge in [-0.2, -0.15) is 0 Å². The second-order valence-electron chi connectivity index (χ2n) is 4.46. The third-order valence-electron chi connectivity index (χ3n) is 3.13. The van der Waals surface area contributed by atoms with Gasteiger partial charge in [0.2, 0.25) is 0 Å². The van der Waals surface area contributed by atoms with Gasteiger partial charge in [-0.3, -0.25) is 0 Å². The molecular formula is C10H21N. The van der Waals surface area contributed by atoms with Crippen molar-refractivity contribution in [2.45, 2.75) is 46.1 Å². The van der Waals surface area contributed by atoms with Crippen molar-refractivity contribution in [3.05, 3.63) is 0 Å². The Balaban J connectivity index is 2.44. The molecule has 1 aliphatic carbocycles. The van der Waals surface area contributed by atoms with Crippen LogP contribution in [-0.4, -0.2) is 6.04 Å². The van der Waals surface area contributed by atoms with Crippen molar-refractivity contribution in [1.82, 2.24) is 0 Å². The number of hydrogen-bond acceptors (Lipinski definition) is 1. The summed E-state index contributed by atoms with van der Waals surface area (Å²) in [5.41, 5.74) is 5.89. The highest BCUT2D eigenvalue weighted by Crippen LogP contribution is 2.33. The van der Waals surface area contributed by atoms with Gasteiger partial charge in [0.1, 0.15) is 0 Å². The standard InChI is InChI=1S/C10H21N/c1-7(2)10-5-4-9(11)6-8(10)3/h7-10H,4-6,11H2,1-3H3. The van der Waals surface area contributed by atoms with Gasteiger partial charge in [0, 0.05) is 6.04 Å². The van der Waals surface area contributed by atoms with Crippen molar-refractivity contribution in [3.8, 4) is 0 Å². The predicted molar refractivity (Wildman–Crippen MR) is 49.3 cm³/mol. The molecule has 1 saturated carbocycles. The fourth-order valence-corrected chi connectivity index (χ4v) is 2.45. The molecule has 11 heavy (non-hydrogen) atoms. The van der Waals surface area contributed by atoms with E-state index in [0.717, 1.165) is 17.8 Å². The normalized spacial score (nSPS) is 39.5. The van der Waals surface area contributed by atoms with E-state index in [2.05, 4.69) is 20.8 Å². The van der Waals surface area contributed by atoms with Crippen LogP contribution in [-0.2, 0) is 0 Å². The van der Waals surface area contributed by atoms with Crippen LogP contribution in [0, 0.1) is 17.8 Å². The van der Waals surface area contributed by atoms with E-state index in [9.17, 15) is 0 Å². The Labute approximate surface area is 70.4 Å². The fourth-order valence-electron chi connectivity index (χ4n) is 2.45. The van der Waals surface area contributed by atoms with Gasteiger partial charge in [-0.25, -0.2) is 0 Å². The molecule has 3 atom stereocenters. The van der Waals surface area contributed by atoms with E-state index < -0.39 is 0 Å². The van der Waals surface area contributed by atoms with Crippen molar-refractivity contribution in [3.63, 3.8) is 0 Å². The van der Waals surface area contributed by atoms with Gasteiger partial charge in [0.25, 0.3) is 0 Å². The first-order chi connectivity index (χ1) is 5.11. The zero-order valence-electron chi connectivity index (χ0n) is 8.01. The molecule has 0 amide bonds. The highest BCUT2D eigenvalue weighted by Gasteiger charge is 2.27. The van der Waals surface area contributed by atoms with Crippen LogP contribution >= 0.6 is 0 Å². The minimum absolute atomic E-state index is 0.486. The summed E-state index contributed by atoms with van der Waals surface area (Å²) >= 11 is 0. The largest absolute Gasteiger partial charge is 0.328 e. The summed E-state index contributed by atoms with van der Waals surface area (Å²) in [4.78, 5) is 0. The molecule has 0 aromatic carbocycles. The second kappa shape index (κ2) is 3.57. The first kappa shape index (κ1) is 9.05. The van der Waals surface area contributed by atoms with Gasteiger partial charge in [-0.15, -0.1) is 0 Å². The molecule has 0 aliphatic heterocycles. The van der Waals surface area contributed by atoms with E-state index in [4.69, 9.17) is 5.73 Å². The Hall–Kier alpha value is -0.0400. The second-order valence-corrected chi connectivity index (χ2v) is 4.46. The molecular weight excluding hydrogens is 134 g/mol. The van der Waals surface area contributed by atoms with E-state index in [1.807, 2.05) is 0 Å². The number of rotatable bonds is 1. The van der Waals surface area contributed by atoms with Gasteiger partial charge in [0.05, 0.1) is 0 Å². The smallest absolute Gasteiger partial charge is 0.00415 e. The highest BCUT2D eigenvalue weighted by molar-refractivity contribution is 4.80. The van der Waals surface area contributed by atoms with E-state index in [0.29, 0.717) is 6.04 Å². The predicted octanol–water partition coefficient (Wildman–Crippen LogP) is 2.41. The molecule has 2 N–H and O–H groups in total. The van der Waals surface area contributed by atoms with E-state index in [-0.39, 0.29) is 0 Å². The Morgan fingerprint density at radius 2 is 1.91 bits per heavy atom. The van der Waals surface area contributed by atoms with Crippen molar-refractivity contribution in [1.29, 1.82) is 0 Å². The summed E-state index contributed by atoms with van der Waals surface area (Å²) < 4.78 is 0. The topological polar surface area (TPSA) is 26.0 Å². The van der Waals surface area contributed by atoms with Gasteiger partial charge < -0.3 is 5.73 Å². The van der Waals surface area contributed by atoms with Crippen LogP contribution < -0.4 is 5.73 Å². The molecule has 3 unspecified atom stereocenters. The molecule has 0 saturated heterocycles. The number of hydrogen-bond donors (Lipinski definition) is 1. The van der Waals surface area contributed by atoms with E-state index in [1.165, 1.54) is 19.3 Å². The third-order valence-corrected chi connectivity index (χ3v) is 3.13. The summed E-state index contributed by atoms with van der Waals surface area (Å²) in [6.07, 6.45) is 3.83. The Bertz CT molecular complexity index is 120. The van der Waals surface area contributed by atoms with Crippen LogP contribution in [0.4, 0.5) is 0 Å². The van der Waals surface area contributed by atoms with Crippen LogP contribution in [0.5, 0.6) is 0 Å². The van der Waals surface area contributed by atoms with Gasteiger partial charge in [-0.05, 0) is 37.0 Å². The molecule has 0 aromatic heterocycles. The van der Waals surface area contributed by atoms with Crippen LogP contribution in [0.3, 0.4) is 0 Å². The Morgan fingerprint density at radius 1 is 1.27 bits per heavy atom. The van der Waals surface area contributed by atoms with Gasteiger partial charge in [0.15, 0.2) is 0 Å². The maximum Gasteiger partial charge on any atom is 0.00415 e. The lowest BCUT2D eigenvalue weighted by atomic mass is 9.73. The average molecular weight is 155 g/mol. The zero-order chi connectivity index (χ0) is 8.43. The first-order valence-corrected chi connectivity index (χ1v) is 4.87. The molecule has 1 nitrogen and oxygen atoms in total. The SMILES string of the molecule is CC(C)C1CCC(N)CC1C. The molecule has 1 heteroatoms. The lowest BCUT2D eigenvalue weighted by molar-refractivity contribution is 0.180. The van der Waals surface area contributed by atoms with Gasteiger partial charge in [-0.1, -0.05) is 20.8 Å². The van der Waals surface area contributed by atoms with Crippen molar-refractivity contribution < 1.29 is 0 Å². The van der Waals surface area contributed by atoms with Crippen LogP contribution in [0.1, 0.15) is 40.0 Å². The molecule has 0 radical (unpaired) electrons. The summed E-state index contributed by atoms with van der Waals surface area (Å²) in [6.45, 7) is 7.01. The molecule has 0 spiro atoms. The molecule has 0 aromatic rings. The van der Waals surface area contributed by atoms with Crippen molar-refractivity contribution in [2.75, 3.05) is 0 Å². The first-order valence-electron chi connectivity index (χ1n) is 4.87. The summed E-state index contributed by atoms with van der Waals surface area (Å²) in [7, 11) is 0. The number of nitrogens with two attached hydrogens (primary N) is 1. The summed E-state index contributed by atoms with van der Waals surface area (Å²) in [5, 5.41) is 0. The summed E-state index contributed by atoms with van der Waals surface area (Å²) in [5.74, 6) is 2.62. The lowest BCUT2D eigenvalue weighted by Crippen LogP contribution is -2.34. The lowest BCUT2D eigenvalue weighted by Gasteiger charge is -2.34. The molecule has 0 heterocycles. The van der Waals surface area contributed by atoms with E-state index >= 15 is 0 Å². The molecule has 1 fully saturated rings. The van der Waals surface area contributed by atoms with Crippen LogP contribution in [0.25, 0.3) is 0 Å². The van der Waals surface area contributed by atoms with E-state index in [1.54, 1.807) is 0 Å². The third kappa shape index (κ3) is 2.19. The molecule has 1 rings (SSSR count). The minimum Gasteiger partial charge on any atom is -0.328 e. The van der Waals surface area contributed by atoms with Crippen molar-refractivity contribution >= 4 is 0 Å². The highest BCUT2D eigenvalue weighted by atomic mass is 14.6. The van der Waals surface area contributed by atoms with Gasteiger partial charge >= 0.3 is 0 Å². The minimum atomic E-state index is 0.486. The fraction of sp³-hybridized carbons (Fsp3) is 1.00.